The molecule has 1 aromatic rings. The summed E-state index contributed by atoms with van der Waals surface area (Å²) in [5.74, 6) is -2.53. The lowest BCUT2D eigenvalue weighted by atomic mass is 9.82. The molecule has 0 fully saturated rings. The van der Waals surface area contributed by atoms with E-state index in [-0.39, 0.29) is 16.5 Å². The van der Waals surface area contributed by atoms with Crippen LogP contribution in [0.1, 0.15) is 38.2 Å². The molecule has 0 aromatic heterocycles. The minimum Gasteiger partial charge on any atom is -0.481 e. The predicted octanol–water partition coefficient (Wildman–Crippen LogP) is 4.08. The number of hydrogen-bond donors (Lipinski definition) is 1. The first-order valence-electron chi connectivity index (χ1n) is 5.69. The summed E-state index contributed by atoms with van der Waals surface area (Å²) < 4.78 is 13.8. The molecule has 0 heterocycles. The second-order valence-corrected chi connectivity index (χ2v) is 4.44. The van der Waals surface area contributed by atoms with Crippen molar-refractivity contribution in [1.29, 1.82) is 0 Å². The van der Waals surface area contributed by atoms with E-state index in [2.05, 4.69) is 0 Å². The average Bonchev–Trinajstić information content (AvgIpc) is 2.30. The third-order valence-corrected chi connectivity index (χ3v) is 3.39. The summed E-state index contributed by atoms with van der Waals surface area (Å²) in [7, 11) is 0. The number of carboxylic acid groups (broad SMARTS) is 1. The molecule has 0 bridgehead atoms. The summed E-state index contributed by atoms with van der Waals surface area (Å²) in [5, 5.41) is 9.24. The van der Waals surface area contributed by atoms with Gasteiger partial charge in [0.15, 0.2) is 0 Å². The molecular formula is C13H16ClFO2. The molecule has 1 aromatic carbocycles. The standard InChI is InChI=1S/C13H16ClFO2/c1-3-8(4-2)11(13(16)17)9-6-5-7-10(14)12(9)15/h5-8,11H,3-4H2,1-2H3,(H,16,17). The van der Waals surface area contributed by atoms with E-state index in [1.165, 1.54) is 12.1 Å². The van der Waals surface area contributed by atoms with Crippen molar-refractivity contribution < 1.29 is 14.3 Å². The van der Waals surface area contributed by atoms with E-state index in [4.69, 9.17) is 11.6 Å². The van der Waals surface area contributed by atoms with Crippen molar-refractivity contribution in [3.05, 3.63) is 34.6 Å². The molecule has 0 aliphatic rings. The van der Waals surface area contributed by atoms with Gasteiger partial charge in [-0.15, -0.1) is 0 Å². The number of hydrogen-bond acceptors (Lipinski definition) is 1. The number of benzene rings is 1. The third kappa shape index (κ3) is 2.97. The van der Waals surface area contributed by atoms with Crippen LogP contribution in [0.4, 0.5) is 4.39 Å². The first kappa shape index (κ1) is 14.0. The lowest BCUT2D eigenvalue weighted by Gasteiger charge is -2.22. The fourth-order valence-electron chi connectivity index (χ4n) is 2.11. The molecule has 1 unspecified atom stereocenters. The minimum atomic E-state index is -1.00. The van der Waals surface area contributed by atoms with Gasteiger partial charge >= 0.3 is 5.97 Å². The highest BCUT2D eigenvalue weighted by Crippen LogP contribution is 2.33. The number of aliphatic carboxylic acids is 1. The van der Waals surface area contributed by atoms with Crippen molar-refractivity contribution in [2.75, 3.05) is 0 Å². The molecule has 1 N–H and O–H groups in total. The maximum Gasteiger partial charge on any atom is 0.311 e. The van der Waals surface area contributed by atoms with Gasteiger partial charge < -0.3 is 5.11 Å². The second kappa shape index (κ2) is 6.01. The highest BCUT2D eigenvalue weighted by molar-refractivity contribution is 6.30. The summed E-state index contributed by atoms with van der Waals surface area (Å²) in [5.41, 5.74) is 0.179. The zero-order chi connectivity index (χ0) is 13.0. The van der Waals surface area contributed by atoms with Crippen molar-refractivity contribution in [3.63, 3.8) is 0 Å². The van der Waals surface area contributed by atoms with Gasteiger partial charge in [0, 0.05) is 5.56 Å². The fraction of sp³-hybridized carbons (Fsp3) is 0.462. The smallest absolute Gasteiger partial charge is 0.311 e. The summed E-state index contributed by atoms with van der Waals surface area (Å²) >= 11 is 5.69. The van der Waals surface area contributed by atoms with Crippen molar-refractivity contribution in [2.45, 2.75) is 32.6 Å². The summed E-state index contributed by atoms with van der Waals surface area (Å²) in [6.07, 6.45) is 1.39. The van der Waals surface area contributed by atoms with Crippen LogP contribution >= 0.6 is 11.6 Å². The molecule has 4 heteroatoms. The predicted molar refractivity (Wildman–Crippen MR) is 65.9 cm³/mol. The molecule has 94 valence electrons. The Morgan fingerprint density at radius 2 is 2.00 bits per heavy atom. The highest BCUT2D eigenvalue weighted by Gasteiger charge is 2.30. The van der Waals surface area contributed by atoms with E-state index in [0.717, 1.165) is 0 Å². The van der Waals surface area contributed by atoms with Crippen LogP contribution in [0.25, 0.3) is 0 Å². The Morgan fingerprint density at radius 3 is 2.47 bits per heavy atom. The Bertz CT molecular complexity index is 402. The van der Waals surface area contributed by atoms with Gasteiger partial charge in [-0.3, -0.25) is 4.79 Å². The van der Waals surface area contributed by atoms with Gasteiger partial charge in [0.05, 0.1) is 10.9 Å². The molecule has 0 saturated carbocycles. The lowest BCUT2D eigenvalue weighted by molar-refractivity contribution is -0.140. The van der Waals surface area contributed by atoms with E-state index >= 15 is 0 Å². The quantitative estimate of drug-likeness (QED) is 0.864. The second-order valence-electron chi connectivity index (χ2n) is 4.04. The Kier molecular flexibility index (Phi) is 4.94. The molecule has 0 aliphatic heterocycles. The maximum absolute atomic E-state index is 13.8. The number of carboxylic acids is 1. The summed E-state index contributed by atoms with van der Waals surface area (Å²) in [6.45, 7) is 3.82. The summed E-state index contributed by atoms with van der Waals surface area (Å²) in [6, 6.07) is 4.50. The van der Waals surface area contributed by atoms with Crippen LogP contribution in [-0.2, 0) is 4.79 Å². The van der Waals surface area contributed by atoms with Crippen molar-refractivity contribution in [3.8, 4) is 0 Å². The van der Waals surface area contributed by atoms with Gasteiger partial charge in [-0.2, -0.15) is 0 Å². The Labute approximate surface area is 105 Å². The first-order chi connectivity index (χ1) is 8.02. The molecule has 1 rings (SSSR count). The van der Waals surface area contributed by atoms with E-state index in [9.17, 15) is 14.3 Å². The Balaban J connectivity index is 3.23. The minimum absolute atomic E-state index is 0.0280. The lowest BCUT2D eigenvalue weighted by Crippen LogP contribution is -2.22. The highest BCUT2D eigenvalue weighted by atomic mass is 35.5. The molecular weight excluding hydrogens is 243 g/mol. The zero-order valence-electron chi connectivity index (χ0n) is 9.91. The molecule has 0 saturated heterocycles. The Hall–Kier alpha value is -1.09. The van der Waals surface area contributed by atoms with Crippen LogP contribution in [0, 0.1) is 11.7 Å². The van der Waals surface area contributed by atoms with Crippen LogP contribution in [0.5, 0.6) is 0 Å². The Morgan fingerprint density at radius 1 is 1.41 bits per heavy atom. The molecule has 2 nitrogen and oxygen atoms in total. The first-order valence-corrected chi connectivity index (χ1v) is 6.07. The van der Waals surface area contributed by atoms with Crippen molar-refractivity contribution >= 4 is 17.6 Å². The number of halogens is 2. The maximum atomic E-state index is 13.8. The van der Waals surface area contributed by atoms with Gasteiger partial charge in [0.25, 0.3) is 0 Å². The van der Waals surface area contributed by atoms with Crippen molar-refractivity contribution in [1.82, 2.24) is 0 Å². The summed E-state index contributed by atoms with van der Waals surface area (Å²) in [4.78, 5) is 11.3. The van der Waals surface area contributed by atoms with Crippen LogP contribution in [0.15, 0.2) is 18.2 Å². The molecule has 0 aliphatic carbocycles. The van der Waals surface area contributed by atoms with Gasteiger partial charge in [-0.1, -0.05) is 50.4 Å². The zero-order valence-corrected chi connectivity index (χ0v) is 10.7. The molecule has 17 heavy (non-hydrogen) atoms. The van der Waals surface area contributed by atoms with Crippen LogP contribution < -0.4 is 0 Å². The topological polar surface area (TPSA) is 37.3 Å². The molecule has 0 amide bonds. The average molecular weight is 259 g/mol. The van der Waals surface area contributed by atoms with E-state index in [0.29, 0.717) is 12.8 Å². The van der Waals surface area contributed by atoms with E-state index in [1.807, 2.05) is 13.8 Å². The van der Waals surface area contributed by atoms with Crippen LogP contribution in [0.3, 0.4) is 0 Å². The largest absolute Gasteiger partial charge is 0.481 e. The molecule has 0 spiro atoms. The van der Waals surface area contributed by atoms with Gasteiger partial charge in [-0.25, -0.2) is 4.39 Å². The SMILES string of the molecule is CCC(CC)C(C(=O)O)c1cccc(Cl)c1F. The fourth-order valence-corrected chi connectivity index (χ4v) is 2.29. The van der Waals surface area contributed by atoms with Crippen LogP contribution in [0.2, 0.25) is 5.02 Å². The normalized spacial score (nSPS) is 12.8. The monoisotopic (exact) mass is 258 g/mol. The van der Waals surface area contributed by atoms with Crippen molar-refractivity contribution in [2.24, 2.45) is 5.92 Å². The molecule has 1 atom stereocenters. The van der Waals surface area contributed by atoms with E-state index in [1.54, 1.807) is 6.07 Å². The van der Waals surface area contributed by atoms with Gasteiger partial charge in [0.2, 0.25) is 0 Å². The van der Waals surface area contributed by atoms with Gasteiger partial charge in [-0.05, 0) is 12.0 Å². The third-order valence-electron chi connectivity index (χ3n) is 3.10. The van der Waals surface area contributed by atoms with E-state index < -0.39 is 17.7 Å². The molecule has 0 radical (unpaired) electrons. The van der Waals surface area contributed by atoms with Gasteiger partial charge in [0.1, 0.15) is 5.82 Å². The number of carbonyl (C=O) groups is 1. The van der Waals surface area contributed by atoms with Crippen LogP contribution in [-0.4, -0.2) is 11.1 Å². The number of rotatable bonds is 5.